The summed E-state index contributed by atoms with van der Waals surface area (Å²) in [5.41, 5.74) is 0.909. The molecule has 2 aromatic carbocycles. The van der Waals surface area contributed by atoms with Crippen LogP contribution in [0.1, 0.15) is 15.9 Å². The maximum absolute atomic E-state index is 12.3. The quantitative estimate of drug-likeness (QED) is 0.379. The van der Waals surface area contributed by atoms with Crippen molar-refractivity contribution in [2.24, 2.45) is 0 Å². The molecular formula is C19H18N4O4S. The molecule has 0 aliphatic rings. The van der Waals surface area contributed by atoms with E-state index in [0.717, 1.165) is 11.8 Å². The Morgan fingerprint density at radius 1 is 1.11 bits per heavy atom. The standard InChI is InChI=1S/C19H18N4O4S/c20-10-11-21-19(25)17(12-22-18(24)14-6-2-1-3-7-14)28-13-15-8-4-5-9-16(15)23(26)27/h1-9,17H,11-13H2,(H,21,25)(H,22,24). The number of hydrogen-bond acceptors (Lipinski definition) is 6. The van der Waals surface area contributed by atoms with Crippen molar-refractivity contribution in [2.45, 2.75) is 11.0 Å². The number of nitro benzene ring substituents is 1. The molecule has 2 rings (SSSR count). The first kappa shape index (κ1) is 20.9. The number of carbonyl (C=O) groups excluding carboxylic acids is 2. The van der Waals surface area contributed by atoms with E-state index in [9.17, 15) is 19.7 Å². The zero-order chi connectivity index (χ0) is 20.4. The largest absolute Gasteiger partial charge is 0.350 e. The second-order valence-corrected chi connectivity index (χ2v) is 6.83. The third-order valence-electron chi connectivity index (χ3n) is 3.75. The maximum atomic E-state index is 12.3. The van der Waals surface area contributed by atoms with E-state index in [1.807, 2.05) is 6.07 Å². The lowest BCUT2D eigenvalue weighted by atomic mass is 10.2. The van der Waals surface area contributed by atoms with Gasteiger partial charge in [-0.1, -0.05) is 36.4 Å². The molecule has 2 N–H and O–H groups in total. The minimum atomic E-state index is -0.708. The average Bonchev–Trinajstić information content (AvgIpc) is 2.72. The molecule has 28 heavy (non-hydrogen) atoms. The van der Waals surface area contributed by atoms with Crippen molar-refractivity contribution in [2.75, 3.05) is 13.1 Å². The van der Waals surface area contributed by atoms with E-state index >= 15 is 0 Å². The molecule has 0 saturated heterocycles. The van der Waals surface area contributed by atoms with Gasteiger partial charge in [0.1, 0.15) is 11.8 Å². The first-order valence-electron chi connectivity index (χ1n) is 8.34. The molecule has 9 heteroatoms. The van der Waals surface area contributed by atoms with Crippen molar-refractivity contribution in [1.82, 2.24) is 10.6 Å². The topological polar surface area (TPSA) is 125 Å². The number of nitro groups is 1. The number of nitriles is 1. The number of nitrogens with one attached hydrogen (secondary N) is 2. The van der Waals surface area contributed by atoms with Crippen molar-refractivity contribution in [3.8, 4) is 6.07 Å². The van der Waals surface area contributed by atoms with Crippen LogP contribution in [0.2, 0.25) is 0 Å². The Kier molecular flexibility index (Phi) is 7.99. The number of hydrogen-bond donors (Lipinski definition) is 2. The average molecular weight is 398 g/mol. The van der Waals surface area contributed by atoms with Crippen molar-refractivity contribution in [3.05, 3.63) is 75.8 Å². The summed E-state index contributed by atoms with van der Waals surface area (Å²) in [6.07, 6.45) is 0. The summed E-state index contributed by atoms with van der Waals surface area (Å²) in [5, 5.41) is 24.2. The summed E-state index contributed by atoms with van der Waals surface area (Å²) in [6, 6.07) is 16.7. The highest BCUT2D eigenvalue weighted by molar-refractivity contribution is 7.99. The second kappa shape index (κ2) is 10.7. The predicted octanol–water partition coefficient (Wildman–Crippen LogP) is 2.27. The number of benzene rings is 2. The van der Waals surface area contributed by atoms with Crippen LogP contribution >= 0.6 is 11.8 Å². The van der Waals surface area contributed by atoms with Crippen LogP contribution in [0.25, 0.3) is 0 Å². The van der Waals surface area contributed by atoms with Crippen molar-refractivity contribution >= 4 is 29.3 Å². The van der Waals surface area contributed by atoms with Crippen LogP contribution in [0.4, 0.5) is 5.69 Å². The molecule has 8 nitrogen and oxygen atoms in total. The number of nitrogens with zero attached hydrogens (tertiary/aromatic N) is 2. The molecule has 0 radical (unpaired) electrons. The molecule has 2 aromatic rings. The van der Waals surface area contributed by atoms with Gasteiger partial charge in [0.15, 0.2) is 0 Å². The normalized spacial score (nSPS) is 11.1. The zero-order valence-electron chi connectivity index (χ0n) is 14.8. The Bertz CT molecular complexity index is 883. The Labute approximate surface area is 166 Å². The number of carbonyl (C=O) groups is 2. The lowest BCUT2D eigenvalue weighted by Gasteiger charge is -2.16. The van der Waals surface area contributed by atoms with Gasteiger partial charge in [0.05, 0.1) is 11.0 Å². The highest BCUT2D eigenvalue weighted by Gasteiger charge is 2.22. The summed E-state index contributed by atoms with van der Waals surface area (Å²) in [4.78, 5) is 35.2. The molecule has 0 saturated carbocycles. The number of thioether (sulfide) groups is 1. The smallest absolute Gasteiger partial charge is 0.273 e. The fourth-order valence-electron chi connectivity index (χ4n) is 2.35. The van der Waals surface area contributed by atoms with Crippen LogP contribution in [-0.2, 0) is 10.5 Å². The summed E-state index contributed by atoms with van der Waals surface area (Å²) < 4.78 is 0. The lowest BCUT2D eigenvalue weighted by Crippen LogP contribution is -2.41. The van der Waals surface area contributed by atoms with Gasteiger partial charge < -0.3 is 10.6 Å². The molecule has 0 aliphatic carbocycles. The Morgan fingerprint density at radius 3 is 2.46 bits per heavy atom. The Morgan fingerprint density at radius 2 is 1.79 bits per heavy atom. The van der Waals surface area contributed by atoms with Gasteiger partial charge in [-0.25, -0.2) is 0 Å². The SMILES string of the molecule is N#CCNC(=O)C(CNC(=O)c1ccccc1)SCc1ccccc1[N+](=O)[O-]. The van der Waals surface area contributed by atoms with Crippen LogP contribution in [0, 0.1) is 21.4 Å². The number of amides is 2. The van der Waals surface area contributed by atoms with E-state index in [1.54, 1.807) is 48.5 Å². The molecule has 0 aromatic heterocycles. The van der Waals surface area contributed by atoms with Gasteiger partial charge in [0.25, 0.3) is 11.6 Å². The monoisotopic (exact) mass is 398 g/mol. The van der Waals surface area contributed by atoms with Gasteiger partial charge in [-0.05, 0) is 12.1 Å². The zero-order valence-corrected chi connectivity index (χ0v) is 15.6. The highest BCUT2D eigenvalue weighted by atomic mass is 32.2. The van der Waals surface area contributed by atoms with Crippen molar-refractivity contribution in [1.29, 1.82) is 5.26 Å². The van der Waals surface area contributed by atoms with E-state index < -0.39 is 16.1 Å². The minimum absolute atomic E-state index is 0.0241. The molecule has 0 fully saturated rings. The Hall–Kier alpha value is -3.38. The Balaban J connectivity index is 2.05. The van der Waals surface area contributed by atoms with Gasteiger partial charge in [-0.3, -0.25) is 19.7 Å². The predicted molar refractivity (Wildman–Crippen MR) is 106 cm³/mol. The van der Waals surface area contributed by atoms with Crippen LogP contribution in [-0.4, -0.2) is 35.1 Å². The molecule has 0 bridgehead atoms. The van der Waals surface area contributed by atoms with Crippen LogP contribution in [0.5, 0.6) is 0 Å². The summed E-state index contributed by atoms with van der Waals surface area (Å²) in [7, 11) is 0. The molecule has 1 atom stereocenters. The van der Waals surface area contributed by atoms with Gasteiger partial charge >= 0.3 is 0 Å². The van der Waals surface area contributed by atoms with E-state index in [4.69, 9.17) is 5.26 Å². The maximum Gasteiger partial charge on any atom is 0.273 e. The first-order chi connectivity index (χ1) is 13.5. The van der Waals surface area contributed by atoms with Gasteiger partial charge in [0.2, 0.25) is 5.91 Å². The molecule has 0 aliphatic heterocycles. The first-order valence-corrected chi connectivity index (χ1v) is 9.39. The van der Waals surface area contributed by atoms with Crippen LogP contribution in [0.3, 0.4) is 0 Å². The van der Waals surface area contributed by atoms with Crippen LogP contribution in [0.15, 0.2) is 54.6 Å². The second-order valence-electron chi connectivity index (χ2n) is 5.64. The van der Waals surface area contributed by atoms with Gasteiger partial charge in [-0.2, -0.15) is 5.26 Å². The van der Waals surface area contributed by atoms with Crippen LogP contribution < -0.4 is 10.6 Å². The molecular weight excluding hydrogens is 380 g/mol. The molecule has 2 amide bonds. The molecule has 144 valence electrons. The molecule has 0 spiro atoms. The van der Waals surface area contributed by atoms with E-state index in [0.29, 0.717) is 11.1 Å². The third kappa shape index (κ3) is 6.10. The van der Waals surface area contributed by atoms with Crippen molar-refractivity contribution < 1.29 is 14.5 Å². The number of rotatable bonds is 9. The molecule has 0 heterocycles. The van der Waals surface area contributed by atoms with Gasteiger partial charge in [0, 0.05) is 29.5 Å². The van der Waals surface area contributed by atoms with Crippen molar-refractivity contribution in [3.63, 3.8) is 0 Å². The summed E-state index contributed by atoms with van der Waals surface area (Å²) >= 11 is 1.16. The third-order valence-corrected chi connectivity index (χ3v) is 5.01. The fourth-order valence-corrected chi connectivity index (χ4v) is 3.41. The fraction of sp³-hybridized carbons (Fsp3) is 0.211. The van der Waals surface area contributed by atoms with E-state index in [-0.39, 0.29) is 30.4 Å². The summed E-state index contributed by atoms with van der Waals surface area (Å²) in [6.45, 7) is -0.135. The number of para-hydroxylation sites is 1. The summed E-state index contributed by atoms with van der Waals surface area (Å²) in [5.74, 6) is -0.535. The van der Waals surface area contributed by atoms with Gasteiger partial charge in [-0.15, -0.1) is 11.8 Å². The van der Waals surface area contributed by atoms with E-state index in [2.05, 4.69) is 10.6 Å². The minimum Gasteiger partial charge on any atom is -0.350 e. The molecule has 1 unspecified atom stereocenters. The van der Waals surface area contributed by atoms with E-state index in [1.165, 1.54) is 6.07 Å². The lowest BCUT2D eigenvalue weighted by molar-refractivity contribution is -0.385. The highest BCUT2D eigenvalue weighted by Crippen LogP contribution is 2.25.